The molecular weight excluding hydrogens is 361 g/mol. The van der Waals surface area contributed by atoms with Gasteiger partial charge in [0.05, 0.1) is 23.5 Å². The minimum atomic E-state index is -4.46. The van der Waals surface area contributed by atoms with Crippen molar-refractivity contribution in [3.63, 3.8) is 0 Å². The molecule has 5 nitrogen and oxygen atoms in total. The predicted octanol–water partition coefficient (Wildman–Crippen LogP) is 3.19. The summed E-state index contributed by atoms with van der Waals surface area (Å²) in [4.78, 5) is 14.3. The molecule has 0 bridgehead atoms. The Kier molecular flexibility index (Phi) is 4.52. The van der Waals surface area contributed by atoms with Crippen LogP contribution < -0.4 is 4.90 Å². The van der Waals surface area contributed by atoms with Crippen molar-refractivity contribution in [3.8, 4) is 0 Å². The largest absolute Gasteiger partial charge is 0.416 e. The number of thioether (sulfide) groups is 2. The average molecular weight is 374 g/mol. The summed E-state index contributed by atoms with van der Waals surface area (Å²) in [6.45, 7) is 0.0811. The van der Waals surface area contributed by atoms with Gasteiger partial charge in [0.15, 0.2) is 11.0 Å². The number of nitrogens with zero attached hydrogens (tertiary/aromatic N) is 4. The Morgan fingerprint density at radius 1 is 1.33 bits per heavy atom. The molecule has 0 saturated heterocycles. The summed E-state index contributed by atoms with van der Waals surface area (Å²) in [6.07, 6.45) is -2.61. The number of carbonyl (C=O) groups is 1. The Morgan fingerprint density at radius 2 is 2.08 bits per heavy atom. The van der Waals surface area contributed by atoms with Gasteiger partial charge >= 0.3 is 6.18 Å². The van der Waals surface area contributed by atoms with Crippen LogP contribution in [0.4, 0.5) is 18.9 Å². The first-order valence-electron chi connectivity index (χ1n) is 6.88. The standard InChI is InChI=1S/C14H13F3N4OS2/c1-20-11(18-19-13(20)23-2)6-21-9-5-8(14(15,16)17)3-4-10(9)24-7-12(21)22/h3-5H,6-7H2,1-2H3. The van der Waals surface area contributed by atoms with Gasteiger partial charge in [0.1, 0.15) is 0 Å². The Labute approximate surface area is 144 Å². The van der Waals surface area contributed by atoms with E-state index in [4.69, 9.17) is 0 Å². The van der Waals surface area contributed by atoms with E-state index in [-0.39, 0.29) is 23.9 Å². The van der Waals surface area contributed by atoms with Crippen molar-refractivity contribution in [2.24, 2.45) is 7.05 Å². The second kappa shape index (κ2) is 6.32. The molecule has 0 saturated carbocycles. The first-order valence-corrected chi connectivity index (χ1v) is 9.09. The maximum atomic E-state index is 13.0. The van der Waals surface area contributed by atoms with Gasteiger partial charge in [-0.15, -0.1) is 22.0 Å². The maximum absolute atomic E-state index is 13.0. The number of benzene rings is 1. The highest BCUT2D eigenvalue weighted by atomic mass is 32.2. The second-order valence-electron chi connectivity index (χ2n) is 5.11. The number of fused-ring (bicyclic) bond motifs is 1. The summed E-state index contributed by atoms with van der Waals surface area (Å²) in [7, 11) is 1.76. The van der Waals surface area contributed by atoms with E-state index in [1.54, 1.807) is 11.6 Å². The van der Waals surface area contributed by atoms with Crippen LogP contribution in [0, 0.1) is 0 Å². The normalized spacial score (nSPS) is 14.9. The first kappa shape index (κ1) is 17.2. The molecule has 2 heterocycles. The van der Waals surface area contributed by atoms with E-state index in [0.717, 1.165) is 12.1 Å². The average Bonchev–Trinajstić information content (AvgIpc) is 2.89. The highest BCUT2D eigenvalue weighted by molar-refractivity contribution is 8.00. The summed E-state index contributed by atoms with van der Waals surface area (Å²) in [5, 5.41) is 8.69. The quantitative estimate of drug-likeness (QED) is 0.773. The fourth-order valence-corrected chi connectivity index (χ4v) is 3.77. The summed E-state index contributed by atoms with van der Waals surface area (Å²) < 4.78 is 40.7. The fraction of sp³-hybridized carbons (Fsp3) is 0.357. The van der Waals surface area contributed by atoms with Crippen molar-refractivity contribution in [1.29, 1.82) is 0 Å². The summed E-state index contributed by atoms with van der Waals surface area (Å²) in [6, 6.07) is 3.46. The monoisotopic (exact) mass is 374 g/mol. The van der Waals surface area contributed by atoms with Crippen molar-refractivity contribution in [1.82, 2.24) is 14.8 Å². The molecule has 0 spiro atoms. The zero-order valence-electron chi connectivity index (χ0n) is 12.8. The van der Waals surface area contributed by atoms with E-state index in [9.17, 15) is 18.0 Å². The Hall–Kier alpha value is -1.68. The number of carbonyl (C=O) groups excluding carboxylic acids is 1. The molecule has 24 heavy (non-hydrogen) atoms. The van der Waals surface area contributed by atoms with Crippen LogP contribution in [0.25, 0.3) is 0 Å². The highest BCUT2D eigenvalue weighted by Gasteiger charge is 2.34. The Balaban J connectivity index is 1.99. The van der Waals surface area contributed by atoms with Crippen molar-refractivity contribution < 1.29 is 18.0 Å². The number of hydrogen-bond donors (Lipinski definition) is 0. The number of aromatic nitrogens is 3. The van der Waals surface area contributed by atoms with Crippen LogP contribution in [0.15, 0.2) is 28.3 Å². The second-order valence-corrected chi connectivity index (χ2v) is 6.90. The zero-order valence-corrected chi connectivity index (χ0v) is 14.4. The zero-order chi connectivity index (χ0) is 17.5. The maximum Gasteiger partial charge on any atom is 0.416 e. The van der Waals surface area contributed by atoms with Crippen LogP contribution in [-0.2, 0) is 24.6 Å². The smallest absolute Gasteiger partial charge is 0.308 e. The lowest BCUT2D eigenvalue weighted by Crippen LogP contribution is -2.36. The van der Waals surface area contributed by atoms with Gasteiger partial charge in [-0.1, -0.05) is 11.8 Å². The minimum absolute atomic E-state index is 0.0811. The van der Waals surface area contributed by atoms with Crippen LogP contribution in [-0.4, -0.2) is 32.7 Å². The van der Waals surface area contributed by atoms with Crippen molar-refractivity contribution in [3.05, 3.63) is 29.6 Å². The van der Waals surface area contributed by atoms with Crippen molar-refractivity contribution in [2.75, 3.05) is 16.9 Å². The molecule has 1 amide bonds. The summed E-state index contributed by atoms with van der Waals surface area (Å²) in [5.74, 6) is 0.453. The molecule has 0 atom stereocenters. The molecule has 10 heteroatoms. The lowest BCUT2D eigenvalue weighted by molar-refractivity contribution is -0.137. The molecule has 0 radical (unpaired) electrons. The molecule has 0 fully saturated rings. The summed E-state index contributed by atoms with van der Waals surface area (Å²) >= 11 is 2.64. The van der Waals surface area contributed by atoms with E-state index in [2.05, 4.69) is 10.2 Å². The van der Waals surface area contributed by atoms with Gasteiger partial charge in [0.25, 0.3) is 0 Å². The van der Waals surface area contributed by atoms with Gasteiger partial charge in [-0.3, -0.25) is 4.79 Å². The number of rotatable bonds is 3. The van der Waals surface area contributed by atoms with Crippen molar-refractivity contribution in [2.45, 2.75) is 22.8 Å². The molecule has 0 aliphatic carbocycles. The van der Waals surface area contributed by atoms with Crippen LogP contribution in [0.5, 0.6) is 0 Å². The number of hydrogen-bond acceptors (Lipinski definition) is 5. The van der Waals surface area contributed by atoms with Crippen LogP contribution in [0.3, 0.4) is 0 Å². The Bertz CT molecular complexity index is 791. The van der Waals surface area contributed by atoms with Gasteiger partial charge < -0.3 is 9.47 Å². The highest BCUT2D eigenvalue weighted by Crippen LogP contribution is 2.40. The lowest BCUT2D eigenvalue weighted by atomic mass is 10.1. The van der Waals surface area contributed by atoms with Gasteiger partial charge in [0, 0.05) is 11.9 Å². The molecule has 1 aromatic carbocycles. The van der Waals surface area contributed by atoms with E-state index in [1.165, 1.54) is 34.5 Å². The predicted molar refractivity (Wildman–Crippen MR) is 86.1 cm³/mol. The first-order chi connectivity index (χ1) is 11.3. The lowest BCUT2D eigenvalue weighted by Gasteiger charge is -2.29. The number of alkyl halides is 3. The third-order valence-corrected chi connectivity index (χ3v) is 5.40. The van der Waals surface area contributed by atoms with Gasteiger partial charge in [0.2, 0.25) is 5.91 Å². The van der Waals surface area contributed by atoms with Crippen LogP contribution >= 0.6 is 23.5 Å². The van der Waals surface area contributed by atoms with E-state index >= 15 is 0 Å². The molecule has 0 N–H and O–H groups in total. The summed E-state index contributed by atoms with van der Waals surface area (Å²) in [5.41, 5.74) is -0.510. The van der Waals surface area contributed by atoms with Gasteiger partial charge in [-0.2, -0.15) is 13.2 Å². The van der Waals surface area contributed by atoms with Crippen LogP contribution in [0.2, 0.25) is 0 Å². The fourth-order valence-electron chi connectivity index (χ4n) is 2.35. The van der Waals surface area contributed by atoms with Gasteiger partial charge in [-0.25, -0.2) is 0 Å². The minimum Gasteiger partial charge on any atom is -0.308 e. The third kappa shape index (κ3) is 3.12. The number of halogens is 3. The number of anilines is 1. The van der Waals surface area contributed by atoms with Crippen molar-refractivity contribution >= 4 is 35.1 Å². The molecule has 1 aromatic heterocycles. The SMILES string of the molecule is CSc1nnc(CN2C(=O)CSc3ccc(C(F)(F)F)cc32)n1C. The molecule has 1 aliphatic rings. The molecule has 3 rings (SSSR count). The Morgan fingerprint density at radius 3 is 2.71 bits per heavy atom. The van der Waals surface area contributed by atoms with E-state index < -0.39 is 11.7 Å². The molecule has 128 valence electrons. The van der Waals surface area contributed by atoms with Gasteiger partial charge in [-0.05, 0) is 24.5 Å². The van der Waals surface area contributed by atoms with E-state index in [1.807, 2.05) is 6.26 Å². The molecule has 0 unspecified atom stereocenters. The molecule has 2 aromatic rings. The third-order valence-electron chi connectivity index (χ3n) is 3.64. The number of amides is 1. The van der Waals surface area contributed by atoms with E-state index in [0.29, 0.717) is 15.9 Å². The molecular formula is C14H13F3N4OS2. The van der Waals surface area contributed by atoms with Crippen LogP contribution in [0.1, 0.15) is 11.4 Å². The molecule has 1 aliphatic heterocycles. The topological polar surface area (TPSA) is 51.0 Å².